The van der Waals surface area contributed by atoms with Gasteiger partial charge in [0.2, 0.25) is 5.91 Å². The number of alkyl halides is 1. The first-order valence-electron chi connectivity index (χ1n) is 5.12. The first-order chi connectivity index (χ1) is 6.29. The van der Waals surface area contributed by atoms with Crippen molar-refractivity contribution >= 4 is 17.5 Å². The third-order valence-corrected chi connectivity index (χ3v) is 3.81. The molecule has 0 unspecified atom stereocenters. The van der Waals surface area contributed by atoms with Gasteiger partial charge in [-0.2, -0.15) is 0 Å². The lowest BCUT2D eigenvalue weighted by molar-refractivity contribution is -0.118. The van der Waals surface area contributed by atoms with E-state index in [9.17, 15) is 4.79 Å². The van der Waals surface area contributed by atoms with Crippen molar-refractivity contribution in [1.82, 2.24) is 5.32 Å². The van der Waals surface area contributed by atoms with Crippen LogP contribution in [0.1, 0.15) is 25.7 Å². The first kappa shape index (κ1) is 9.32. The molecule has 0 aromatic heterocycles. The Bertz CT molecular complexity index is 207. The van der Waals surface area contributed by atoms with Gasteiger partial charge in [-0.15, -0.1) is 11.6 Å². The fraction of sp³-hybridized carbons (Fsp3) is 0.900. The normalized spacial score (nSPS) is 36.5. The van der Waals surface area contributed by atoms with Gasteiger partial charge in [-0.3, -0.25) is 4.79 Å². The predicted molar refractivity (Wildman–Crippen MR) is 52.7 cm³/mol. The first-order valence-corrected chi connectivity index (χ1v) is 5.65. The largest absolute Gasteiger partial charge is 0.355 e. The van der Waals surface area contributed by atoms with Crippen molar-refractivity contribution in [2.45, 2.75) is 25.7 Å². The maximum absolute atomic E-state index is 10.9. The molecule has 0 aromatic carbocycles. The molecule has 3 heteroatoms. The highest BCUT2D eigenvalue weighted by Crippen LogP contribution is 2.47. The summed E-state index contributed by atoms with van der Waals surface area (Å²) in [6.45, 7) is 0.854. The van der Waals surface area contributed by atoms with Gasteiger partial charge in [0.15, 0.2) is 0 Å². The molecule has 0 saturated heterocycles. The molecule has 2 fully saturated rings. The average molecular weight is 202 g/mol. The molecule has 2 bridgehead atoms. The zero-order valence-corrected chi connectivity index (χ0v) is 8.52. The number of halogens is 1. The van der Waals surface area contributed by atoms with Gasteiger partial charge in [-0.05, 0) is 37.0 Å². The van der Waals surface area contributed by atoms with Gasteiger partial charge in [0.25, 0.3) is 0 Å². The molecule has 0 spiro atoms. The van der Waals surface area contributed by atoms with E-state index in [0.717, 1.165) is 24.3 Å². The molecule has 0 radical (unpaired) electrons. The number of carbonyl (C=O) groups is 1. The molecule has 2 rings (SSSR count). The minimum atomic E-state index is -0.0237. The minimum Gasteiger partial charge on any atom is -0.355 e. The van der Waals surface area contributed by atoms with E-state index in [-0.39, 0.29) is 11.8 Å². The smallest absolute Gasteiger partial charge is 0.234 e. The summed E-state index contributed by atoms with van der Waals surface area (Å²) < 4.78 is 0. The van der Waals surface area contributed by atoms with Crippen LogP contribution in [0.2, 0.25) is 0 Å². The Morgan fingerprint density at radius 3 is 2.77 bits per heavy atom. The zero-order chi connectivity index (χ0) is 9.26. The summed E-state index contributed by atoms with van der Waals surface area (Å²) in [6.07, 6.45) is 5.53. The van der Waals surface area contributed by atoms with Gasteiger partial charge in [-0.25, -0.2) is 0 Å². The molecule has 2 aliphatic rings. The van der Waals surface area contributed by atoms with Gasteiger partial charge in [0.05, 0.1) is 0 Å². The van der Waals surface area contributed by atoms with E-state index in [2.05, 4.69) is 5.32 Å². The maximum atomic E-state index is 10.9. The van der Waals surface area contributed by atoms with Crippen LogP contribution in [0.5, 0.6) is 0 Å². The van der Waals surface area contributed by atoms with Crippen molar-refractivity contribution in [2.75, 3.05) is 12.4 Å². The molecule has 0 aliphatic heterocycles. The van der Waals surface area contributed by atoms with Crippen molar-refractivity contribution in [1.29, 1.82) is 0 Å². The molecule has 1 amide bonds. The molecular weight excluding hydrogens is 186 g/mol. The standard InChI is InChI=1S/C10H16ClNO/c11-5-10(13)12-6-9-4-7-1-2-8(9)3-7/h7-9H,1-6H2,(H,12,13)/t7-,8-,9-/m1/s1. The fourth-order valence-electron chi connectivity index (χ4n) is 2.92. The number of hydrogen-bond donors (Lipinski definition) is 1. The second kappa shape index (κ2) is 3.87. The number of fused-ring (bicyclic) bond motifs is 2. The van der Waals surface area contributed by atoms with Gasteiger partial charge in [0.1, 0.15) is 5.88 Å². The number of hydrogen-bond acceptors (Lipinski definition) is 1. The molecule has 0 heterocycles. The third-order valence-electron chi connectivity index (χ3n) is 3.57. The van der Waals surface area contributed by atoms with Crippen LogP contribution < -0.4 is 5.32 Å². The molecule has 3 atom stereocenters. The average Bonchev–Trinajstić information content (AvgIpc) is 2.74. The number of rotatable bonds is 3. The van der Waals surface area contributed by atoms with Crippen LogP contribution in [0.15, 0.2) is 0 Å². The van der Waals surface area contributed by atoms with E-state index in [1.54, 1.807) is 0 Å². The highest BCUT2D eigenvalue weighted by molar-refractivity contribution is 6.27. The van der Waals surface area contributed by atoms with Crippen LogP contribution in [0.25, 0.3) is 0 Å². The van der Waals surface area contributed by atoms with Gasteiger partial charge in [-0.1, -0.05) is 6.42 Å². The Morgan fingerprint density at radius 1 is 1.38 bits per heavy atom. The van der Waals surface area contributed by atoms with Crippen LogP contribution in [0.4, 0.5) is 0 Å². The predicted octanol–water partition coefficient (Wildman–Crippen LogP) is 1.78. The Morgan fingerprint density at radius 2 is 2.23 bits per heavy atom. The quantitative estimate of drug-likeness (QED) is 0.693. The Labute approximate surface area is 84.0 Å². The lowest BCUT2D eigenvalue weighted by atomic mass is 9.89. The van der Waals surface area contributed by atoms with Crippen LogP contribution in [-0.2, 0) is 4.79 Å². The van der Waals surface area contributed by atoms with E-state index in [0.29, 0.717) is 0 Å². The van der Waals surface area contributed by atoms with E-state index >= 15 is 0 Å². The van der Waals surface area contributed by atoms with Crippen molar-refractivity contribution in [2.24, 2.45) is 17.8 Å². The van der Waals surface area contributed by atoms with Crippen LogP contribution >= 0.6 is 11.6 Å². The van der Waals surface area contributed by atoms with E-state index in [4.69, 9.17) is 11.6 Å². The summed E-state index contributed by atoms with van der Waals surface area (Å²) in [5.41, 5.74) is 0. The van der Waals surface area contributed by atoms with Crippen molar-refractivity contribution < 1.29 is 4.79 Å². The summed E-state index contributed by atoms with van der Waals surface area (Å²) in [6, 6.07) is 0. The lowest BCUT2D eigenvalue weighted by Gasteiger charge is -2.21. The van der Waals surface area contributed by atoms with Crippen LogP contribution in [-0.4, -0.2) is 18.3 Å². The lowest BCUT2D eigenvalue weighted by Crippen LogP contribution is -2.32. The highest BCUT2D eigenvalue weighted by atomic mass is 35.5. The van der Waals surface area contributed by atoms with Gasteiger partial charge >= 0.3 is 0 Å². The number of amides is 1. The topological polar surface area (TPSA) is 29.1 Å². The summed E-state index contributed by atoms with van der Waals surface area (Å²) >= 11 is 5.40. The molecular formula is C10H16ClNO. The van der Waals surface area contributed by atoms with Crippen LogP contribution in [0, 0.1) is 17.8 Å². The van der Waals surface area contributed by atoms with Gasteiger partial charge < -0.3 is 5.32 Å². The van der Waals surface area contributed by atoms with Crippen molar-refractivity contribution in [3.05, 3.63) is 0 Å². The summed E-state index contributed by atoms with van der Waals surface area (Å²) in [5.74, 6) is 2.67. The molecule has 0 aromatic rings. The van der Waals surface area contributed by atoms with Gasteiger partial charge in [0, 0.05) is 6.54 Å². The zero-order valence-electron chi connectivity index (χ0n) is 7.76. The Hall–Kier alpha value is -0.240. The minimum absolute atomic E-state index is 0.0237. The summed E-state index contributed by atoms with van der Waals surface area (Å²) in [5, 5.41) is 2.89. The van der Waals surface area contributed by atoms with Crippen molar-refractivity contribution in [3.63, 3.8) is 0 Å². The highest BCUT2D eigenvalue weighted by Gasteiger charge is 2.39. The molecule has 2 nitrogen and oxygen atoms in total. The van der Waals surface area contributed by atoms with E-state index in [1.807, 2.05) is 0 Å². The molecule has 2 saturated carbocycles. The van der Waals surface area contributed by atoms with Crippen molar-refractivity contribution in [3.8, 4) is 0 Å². The molecule has 1 N–H and O–H groups in total. The second-order valence-corrected chi connectivity index (χ2v) is 4.64. The second-order valence-electron chi connectivity index (χ2n) is 4.37. The fourth-order valence-corrected chi connectivity index (χ4v) is 3.01. The monoisotopic (exact) mass is 201 g/mol. The third kappa shape index (κ3) is 1.98. The summed E-state index contributed by atoms with van der Waals surface area (Å²) in [7, 11) is 0. The molecule has 13 heavy (non-hydrogen) atoms. The molecule has 74 valence electrons. The van der Waals surface area contributed by atoms with E-state index < -0.39 is 0 Å². The number of nitrogens with one attached hydrogen (secondary N) is 1. The van der Waals surface area contributed by atoms with E-state index in [1.165, 1.54) is 25.7 Å². The summed E-state index contributed by atoms with van der Waals surface area (Å²) in [4.78, 5) is 10.9. The Kier molecular flexibility index (Phi) is 2.77. The SMILES string of the molecule is O=C(CCl)NC[C@H]1C[C@@H]2CC[C@@H]1C2. The Balaban J connectivity index is 1.74. The maximum Gasteiger partial charge on any atom is 0.234 e. The number of carbonyl (C=O) groups excluding carboxylic acids is 1. The molecule has 2 aliphatic carbocycles. The van der Waals surface area contributed by atoms with Crippen LogP contribution in [0.3, 0.4) is 0 Å².